The number of hydrogen-bond donors (Lipinski definition) is 0. The predicted molar refractivity (Wildman–Crippen MR) is 113 cm³/mol. The molecule has 2 aromatic heterocycles. The average Bonchev–Trinajstić information content (AvgIpc) is 3.45. The maximum atomic E-state index is 12.9. The Bertz CT molecular complexity index is 1010. The van der Waals surface area contributed by atoms with Gasteiger partial charge in [0.15, 0.2) is 5.69 Å². The van der Waals surface area contributed by atoms with E-state index in [0.717, 1.165) is 52.3 Å². The van der Waals surface area contributed by atoms with Crippen molar-refractivity contribution in [1.29, 1.82) is 0 Å². The molecule has 32 heavy (non-hydrogen) atoms. The zero-order valence-electron chi connectivity index (χ0n) is 18.1. The molecule has 0 spiro atoms. The van der Waals surface area contributed by atoms with Gasteiger partial charge in [0.05, 0.1) is 18.2 Å². The van der Waals surface area contributed by atoms with Crippen molar-refractivity contribution in [2.45, 2.75) is 38.3 Å². The summed E-state index contributed by atoms with van der Waals surface area (Å²) in [5.74, 6) is -0.845. The Morgan fingerprint density at radius 1 is 1.06 bits per heavy atom. The third-order valence-electron chi connectivity index (χ3n) is 6.67. The number of carbonyl (C=O) groups is 2. The molecule has 1 unspecified atom stereocenters. The van der Waals surface area contributed by atoms with Gasteiger partial charge >= 0.3 is 0 Å². The second-order valence-corrected chi connectivity index (χ2v) is 8.69. The van der Waals surface area contributed by atoms with Crippen LogP contribution in [0.5, 0.6) is 0 Å². The number of fused-ring (bicyclic) bond motifs is 2. The van der Waals surface area contributed by atoms with E-state index in [1.807, 2.05) is 0 Å². The summed E-state index contributed by atoms with van der Waals surface area (Å²) in [7, 11) is 0. The number of pyridine rings is 1. The minimum Gasteiger partial charge on any atom is -0.571 e. The van der Waals surface area contributed by atoms with Crippen LogP contribution in [0.3, 0.4) is 0 Å². The number of nitrogens with zero attached hydrogens (tertiary/aromatic N) is 6. The number of ether oxygens (including phenoxy) is 1. The molecule has 0 N–H and O–H groups in total. The van der Waals surface area contributed by atoms with Crippen molar-refractivity contribution in [3.05, 3.63) is 46.2 Å². The minimum atomic E-state index is -0.426. The third-order valence-corrected chi connectivity index (χ3v) is 6.67. The van der Waals surface area contributed by atoms with Gasteiger partial charge in [-0.3, -0.25) is 14.6 Å². The number of piperazine rings is 1. The van der Waals surface area contributed by atoms with Gasteiger partial charge in [0, 0.05) is 62.1 Å². The Morgan fingerprint density at radius 3 is 2.59 bits per heavy atom. The molecule has 2 aromatic rings. The molecule has 4 heterocycles. The fourth-order valence-corrected chi connectivity index (χ4v) is 4.86. The van der Waals surface area contributed by atoms with Crippen molar-refractivity contribution >= 4 is 11.6 Å². The molecule has 0 bridgehead atoms. The maximum absolute atomic E-state index is 12.9. The molecule has 0 amide bonds. The van der Waals surface area contributed by atoms with Crippen molar-refractivity contribution in [1.82, 2.24) is 24.6 Å². The van der Waals surface area contributed by atoms with Gasteiger partial charge < -0.3 is 19.7 Å². The Balaban J connectivity index is 1.14. The molecule has 0 aromatic carbocycles. The van der Waals surface area contributed by atoms with Crippen molar-refractivity contribution in [2.75, 3.05) is 45.9 Å². The van der Waals surface area contributed by atoms with Gasteiger partial charge in [-0.05, 0) is 37.8 Å². The number of ketones is 2. The van der Waals surface area contributed by atoms with E-state index in [9.17, 15) is 14.8 Å². The fourth-order valence-electron chi connectivity index (χ4n) is 4.86. The van der Waals surface area contributed by atoms with E-state index in [4.69, 9.17) is 4.74 Å². The van der Waals surface area contributed by atoms with Crippen molar-refractivity contribution in [3.8, 4) is 0 Å². The maximum Gasteiger partial charge on any atom is 0.236 e. The second kappa shape index (κ2) is 9.05. The zero-order valence-corrected chi connectivity index (χ0v) is 18.1. The van der Waals surface area contributed by atoms with Crippen molar-refractivity contribution in [2.24, 2.45) is 0 Å². The van der Waals surface area contributed by atoms with E-state index in [2.05, 4.69) is 19.9 Å². The summed E-state index contributed by atoms with van der Waals surface area (Å²) >= 11 is 0. The summed E-state index contributed by atoms with van der Waals surface area (Å²) in [5.41, 5.74) is 0.263. The Morgan fingerprint density at radius 2 is 1.84 bits per heavy atom. The van der Waals surface area contributed by atoms with Gasteiger partial charge in [-0.25, -0.2) is 0 Å². The van der Waals surface area contributed by atoms with Crippen LogP contribution in [0.2, 0.25) is 0 Å². The predicted octanol–water partition coefficient (Wildman–Crippen LogP) is 0.264. The first-order valence-electron chi connectivity index (χ1n) is 11.4. The highest BCUT2D eigenvalue weighted by Crippen LogP contribution is 2.24. The fraction of sp³-hybridized carbons (Fsp3) is 0.591. The summed E-state index contributed by atoms with van der Waals surface area (Å²) in [5, 5.41) is 16.2. The second-order valence-electron chi connectivity index (χ2n) is 8.69. The quantitative estimate of drug-likeness (QED) is 0.380. The first-order chi connectivity index (χ1) is 15.6. The van der Waals surface area contributed by atoms with Gasteiger partial charge in [-0.2, -0.15) is 0 Å². The lowest BCUT2D eigenvalue weighted by atomic mass is 9.94. The lowest BCUT2D eigenvalue weighted by molar-refractivity contribution is -0.749. The molecule has 3 aliphatic rings. The summed E-state index contributed by atoms with van der Waals surface area (Å²) < 4.78 is 6.98. The lowest BCUT2D eigenvalue weighted by Crippen LogP contribution is -2.47. The Kier molecular flexibility index (Phi) is 5.99. The molecule has 2 saturated heterocycles. The van der Waals surface area contributed by atoms with E-state index in [1.165, 1.54) is 23.7 Å². The highest BCUT2D eigenvalue weighted by Gasteiger charge is 2.40. The van der Waals surface area contributed by atoms with Crippen LogP contribution < -0.4 is 4.96 Å². The van der Waals surface area contributed by atoms with Gasteiger partial charge in [-0.1, -0.05) is 0 Å². The summed E-state index contributed by atoms with van der Waals surface area (Å²) in [6.07, 6.45) is 6.08. The largest absolute Gasteiger partial charge is 0.571 e. The SMILES string of the molecule is O=C1c2cccnc2C(=O)c2c1n[n+]([O-])n2CCCN1CCN(CCC2CCCO2)CC1. The monoisotopic (exact) mass is 440 g/mol. The van der Waals surface area contributed by atoms with E-state index in [1.54, 1.807) is 12.1 Å². The van der Waals surface area contributed by atoms with Crippen LogP contribution in [0.1, 0.15) is 57.9 Å². The Hall–Kier alpha value is -2.69. The molecular formula is C22H28N6O4. The molecule has 0 radical (unpaired) electrons. The van der Waals surface area contributed by atoms with E-state index in [0.29, 0.717) is 24.0 Å². The van der Waals surface area contributed by atoms with Gasteiger partial charge in [0.25, 0.3) is 0 Å². The minimum absolute atomic E-state index is 0.0511. The Labute approximate surface area is 186 Å². The summed E-state index contributed by atoms with van der Waals surface area (Å²) in [6.45, 7) is 7.18. The van der Waals surface area contributed by atoms with E-state index in [-0.39, 0.29) is 22.6 Å². The first kappa shape index (κ1) is 21.2. The van der Waals surface area contributed by atoms with Gasteiger partial charge in [0.1, 0.15) is 5.69 Å². The molecule has 0 saturated carbocycles. The van der Waals surface area contributed by atoms with Gasteiger partial charge in [0.2, 0.25) is 17.3 Å². The van der Waals surface area contributed by atoms with Gasteiger partial charge in [-0.15, -0.1) is 4.68 Å². The highest BCUT2D eigenvalue weighted by molar-refractivity contribution is 6.26. The van der Waals surface area contributed by atoms with Crippen LogP contribution in [-0.4, -0.2) is 88.1 Å². The van der Waals surface area contributed by atoms with Crippen LogP contribution in [0, 0.1) is 5.21 Å². The third kappa shape index (κ3) is 4.05. The number of aromatic nitrogens is 4. The van der Waals surface area contributed by atoms with Crippen LogP contribution in [0.4, 0.5) is 0 Å². The number of hydrogen-bond acceptors (Lipinski definition) is 8. The first-order valence-corrected chi connectivity index (χ1v) is 11.4. The van der Waals surface area contributed by atoms with E-state index < -0.39 is 11.6 Å². The number of carbonyl (C=O) groups excluding carboxylic acids is 2. The molecule has 2 fully saturated rings. The standard InChI is InChI=1S/C22H28N6O4/c29-21-17-5-1-7-23-18(17)22(30)20-19(21)24-28(31)27(20)9-3-8-25-11-13-26(14-12-25)10-6-16-4-2-15-32-16/h1,5,7,16H,2-4,6,8-15H2. The molecular weight excluding hydrogens is 412 g/mol. The average molecular weight is 441 g/mol. The molecule has 10 heteroatoms. The molecule has 170 valence electrons. The molecule has 2 aliphatic heterocycles. The van der Waals surface area contributed by atoms with Crippen molar-refractivity contribution in [3.63, 3.8) is 0 Å². The van der Waals surface area contributed by atoms with E-state index >= 15 is 0 Å². The molecule has 5 rings (SSSR count). The molecule has 1 atom stereocenters. The normalized spacial score (nSPS) is 21.7. The van der Waals surface area contributed by atoms with Crippen LogP contribution in [0.15, 0.2) is 18.3 Å². The molecule has 10 nitrogen and oxygen atoms in total. The topological polar surface area (TPSA) is 107 Å². The summed E-state index contributed by atoms with van der Waals surface area (Å²) in [4.78, 5) is 34.9. The van der Waals surface area contributed by atoms with Crippen LogP contribution in [0.25, 0.3) is 0 Å². The van der Waals surface area contributed by atoms with Crippen LogP contribution >= 0.6 is 0 Å². The van der Waals surface area contributed by atoms with Crippen LogP contribution in [-0.2, 0) is 11.3 Å². The zero-order chi connectivity index (χ0) is 22.1. The lowest BCUT2D eigenvalue weighted by Gasteiger charge is -2.35. The smallest absolute Gasteiger partial charge is 0.236 e. The highest BCUT2D eigenvalue weighted by atomic mass is 16.5. The number of rotatable bonds is 7. The summed E-state index contributed by atoms with van der Waals surface area (Å²) in [6, 6.07) is 3.14. The molecule has 1 aliphatic carbocycles. The van der Waals surface area contributed by atoms with Crippen molar-refractivity contribution < 1.29 is 19.3 Å².